The van der Waals surface area contributed by atoms with Gasteiger partial charge in [-0.3, -0.25) is 23.5 Å². The highest BCUT2D eigenvalue weighted by Crippen LogP contribution is 2.20. The van der Waals surface area contributed by atoms with Crippen molar-refractivity contribution >= 4 is 11.2 Å². The summed E-state index contributed by atoms with van der Waals surface area (Å²) in [6, 6.07) is 0.418. The van der Waals surface area contributed by atoms with E-state index in [-0.39, 0.29) is 11.2 Å². The monoisotopic (exact) mass is 343 g/mol. The third-order valence-corrected chi connectivity index (χ3v) is 4.92. The van der Waals surface area contributed by atoms with Gasteiger partial charge in [0.05, 0.1) is 18.6 Å². The number of aryl methyl sites for hydroxylation is 2. The van der Waals surface area contributed by atoms with E-state index in [4.69, 9.17) is 0 Å². The standard InChI is InChI=1S/C16H21N7O2/c1-11-6-18-23(7-11)12-8-21(9-12)4-5-22-10-17-14-13(22)15(24)20(3)16(25)19(14)2/h6-7,10,12H,4-5,8-9H2,1-3H3. The molecular weight excluding hydrogens is 322 g/mol. The van der Waals surface area contributed by atoms with Crippen LogP contribution >= 0.6 is 0 Å². The summed E-state index contributed by atoms with van der Waals surface area (Å²) in [6.07, 6.45) is 5.58. The van der Waals surface area contributed by atoms with E-state index in [1.807, 2.05) is 22.4 Å². The highest BCUT2D eigenvalue weighted by atomic mass is 16.2. The van der Waals surface area contributed by atoms with Crippen LogP contribution in [0.4, 0.5) is 0 Å². The molecule has 3 aromatic heterocycles. The van der Waals surface area contributed by atoms with Crippen molar-refractivity contribution in [1.29, 1.82) is 0 Å². The van der Waals surface area contributed by atoms with Gasteiger partial charge in [-0.05, 0) is 12.5 Å². The molecule has 1 aliphatic heterocycles. The lowest BCUT2D eigenvalue weighted by molar-refractivity contribution is 0.0949. The zero-order valence-corrected chi connectivity index (χ0v) is 14.6. The highest BCUT2D eigenvalue weighted by molar-refractivity contribution is 5.69. The predicted molar refractivity (Wildman–Crippen MR) is 92.7 cm³/mol. The predicted octanol–water partition coefficient (Wildman–Crippen LogP) is -0.504. The number of imidazole rings is 1. The van der Waals surface area contributed by atoms with Crippen LogP contribution in [0.15, 0.2) is 28.3 Å². The normalized spacial score (nSPS) is 15.8. The summed E-state index contributed by atoms with van der Waals surface area (Å²) in [7, 11) is 3.13. The lowest BCUT2D eigenvalue weighted by atomic mass is 10.1. The highest BCUT2D eigenvalue weighted by Gasteiger charge is 2.28. The van der Waals surface area contributed by atoms with E-state index in [1.165, 1.54) is 17.2 Å². The molecule has 9 heteroatoms. The first-order chi connectivity index (χ1) is 12.0. The average Bonchev–Trinajstić information content (AvgIpc) is 3.16. The lowest BCUT2D eigenvalue weighted by Crippen LogP contribution is -2.48. The number of hydrogen-bond donors (Lipinski definition) is 0. The van der Waals surface area contributed by atoms with Crippen molar-refractivity contribution in [3.05, 3.63) is 45.1 Å². The second-order valence-electron chi connectivity index (χ2n) is 6.73. The SMILES string of the molecule is Cc1cnn(C2CN(CCn3cnc4c3c(=O)n(C)c(=O)n4C)C2)c1. The fourth-order valence-electron chi connectivity index (χ4n) is 3.34. The van der Waals surface area contributed by atoms with E-state index in [0.29, 0.717) is 23.8 Å². The number of aromatic nitrogens is 6. The van der Waals surface area contributed by atoms with Crippen LogP contribution in [0, 0.1) is 6.92 Å². The first-order valence-electron chi connectivity index (χ1n) is 8.29. The van der Waals surface area contributed by atoms with Crippen molar-refractivity contribution in [1.82, 2.24) is 33.4 Å². The van der Waals surface area contributed by atoms with Gasteiger partial charge in [-0.25, -0.2) is 9.78 Å². The second kappa shape index (κ2) is 5.69. The molecule has 0 aliphatic carbocycles. The van der Waals surface area contributed by atoms with Crippen LogP contribution < -0.4 is 11.2 Å². The van der Waals surface area contributed by atoms with Gasteiger partial charge < -0.3 is 4.57 Å². The minimum absolute atomic E-state index is 0.302. The summed E-state index contributed by atoms with van der Waals surface area (Å²) in [5.41, 5.74) is 1.42. The Labute approximate surface area is 143 Å². The zero-order chi connectivity index (χ0) is 17.7. The minimum Gasteiger partial charge on any atom is -0.323 e. The Morgan fingerprint density at radius 2 is 1.92 bits per heavy atom. The van der Waals surface area contributed by atoms with Crippen LogP contribution in [-0.2, 0) is 20.6 Å². The zero-order valence-electron chi connectivity index (χ0n) is 14.6. The smallest absolute Gasteiger partial charge is 0.323 e. The molecular formula is C16H21N7O2. The van der Waals surface area contributed by atoms with Crippen LogP contribution in [0.1, 0.15) is 11.6 Å². The lowest BCUT2D eigenvalue weighted by Gasteiger charge is -2.39. The van der Waals surface area contributed by atoms with Gasteiger partial charge in [0.2, 0.25) is 0 Å². The molecule has 0 N–H and O–H groups in total. The minimum atomic E-state index is -0.358. The fraction of sp³-hybridized carbons (Fsp3) is 0.500. The molecule has 1 saturated heterocycles. The van der Waals surface area contributed by atoms with Gasteiger partial charge in [0, 0.05) is 46.5 Å². The molecule has 0 unspecified atom stereocenters. The van der Waals surface area contributed by atoms with Gasteiger partial charge in [-0.1, -0.05) is 0 Å². The van der Waals surface area contributed by atoms with Gasteiger partial charge in [0.1, 0.15) is 0 Å². The Kier molecular flexibility index (Phi) is 3.60. The molecule has 0 saturated carbocycles. The maximum atomic E-state index is 12.4. The maximum absolute atomic E-state index is 12.4. The first-order valence-corrected chi connectivity index (χ1v) is 8.29. The second-order valence-corrected chi connectivity index (χ2v) is 6.73. The summed E-state index contributed by atoms with van der Waals surface area (Å²) in [5.74, 6) is 0. The Bertz CT molecular complexity index is 1050. The summed E-state index contributed by atoms with van der Waals surface area (Å²) >= 11 is 0. The van der Waals surface area contributed by atoms with E-state index < -0.39 is 0 Å². The molecule has 1 aliphatic rings. The Hall–Kier alpha value is -2.68. The Morgan fingerprint density at radius 1 is 1.16 bits per heavy atom. The molecule has 132 valence electrons. The number of nitrogens with zero attached hydrogens (tertiary/aromatic N) is 7. The molecule has 0 aromatic carbocycles. The molecule has 0 bridgehead atoms. The van der Waals surface area contributed by atoms with Crippen LogP contribution in [0.2, 0.25) is 0 Å². The van der Waals surface area contributed by atoms with Crippen LogP contribution in [0.3, 0.4) is 0 Å². The Morgan fingerprint density at radius 3 is 2.60 bits per heavy atom. The molecule has 0 amide bonds. The van der Waals surface area contributed by atoms with Crippen molar-refractivity contribution in [2.24, 2.45) is 14.1 Å². The van der Waals surface area contributed by atoms with Crippen LogP contribution in [-0.4, -0.2) is 53.0 Å². The Balaban J connectivity index is 1.48. The molecule has 0 spiro atoms. The number of rotatable bonds is 4. The topological polar surface area (TPSA) is 82.9 Å². The van der Waals surface area contributed by atoms with Crippen molar-refractivity contribution < 1.29 is 0 Å². The van der Waals surface area contributed by atoms with Crippen molar-refractivity contribution in [3.63, 3.8) is 0 Å². The van der Waals surface area contributed by atoms with Crippen molar-refractivity contribution in [2.45, 2.75) is 19.5 Å². The number of hydrogen-bond acceptors (Lipinski definition) is 5. The van der Waals surface area contributed by atoms with Gasteiger partial charge in [-0.15, -0.1) is 0 Å². The van der Waals surface area contributed by atoms with Crippen LogP contribution in [0.25, 0.3) is 11.2 Å². The molecule has 9 nitrogen and oxygen atoms in total. The van der Waals surface area contributed by atoms with Crippen LogP contribution in [0.5, 0.6) is 0 Å². The molecule has 4 heterocycles. The van der Waals surface area contributed by atoms with E-state index in [9.17, 15) is 9.59 Å². The fourth-order valence-corrected chi connectivity index (χ4v) is 3.34. The van der Waals surface area contributed by atoms with Gasteiger partial charge in [0.25, 0.3) is 5.56 Å². The molecule has 4 rings (SSSR count). The van der Waals surface area contributed by atoms with Gasteiger partial charge >= 0.3 is 5.69 Å². The van der Waals surface area contributed by atoms with Crippen molar-refractivity contribution in [2.75, 3.05) is 19.6 Å². The molecule has 1 fully saturated rings. The summed E-state index contributed by atoms with van der Waals surface area (Å²) in [5, 5.41) is 4.36. The van der Waals surface area contributed by atoms with E-state index in [0.717, 1.165) is 24.2 Å². The molecule has 3 aromatic rings. The quantitative estimate of drug-likeness (QED) is 0.637. The number of fused-ring (bicyclic) bond motifs is 1. The van der Waals surface area contributed by atoms with Gasteiger partial charge in [-0.2, -0.15) is 5.10 Å². The molecule has 0 atom stereocenters. The average molecular weight is 343 g/mol. The summed E-state index contributed by atoms with van der Waals surface area (Å²) in [6.45, 7) is 5.43. The molecule has 25 heavy (non-hydrogen) atoms. The molecule has 0 radical (unpaired) electrons. The summed E-state index contributed by atoms with van der Waals surface area (Å²) in [4.78, 5) is 30.9. The summed E-state index contributed by atoms with van der Waals surface area (Å²) < 4.78 is 6.39. The maximum Gasteiger partial charge on any atom is 0.332 e. The largest absolute Gasteiger partial charge is 0.332 e. The van der Waals surface area contributed by atoms with Gasteiger partial charge in [0.15, 0.2) is 11.2 Å². The van der Waals surface area contributed by atoms with E-state index in [1.54, 1.807) is 13.4 Å². The van der Waals surface area contributed by atoms with E-state index >= 15 is 0 Å². The first kappa shape index (κ1) is 15.8. The van der Waals surface area contributed by atoms with Crippen molar-refractivity contribution in [3.8, 4) is 0 Å². The van der Waals surface area contributed by atoms with E-state index in [2.05, 4.69) is 21.2 Å². The third-order valence-electron chi connectivity index (χ3n) is 4.92. The number of likely N-dealkylation sites (tertiary alicyclic amines) is 1. The third kappa shape index (κ3) is 2.51.